The molecule has 4 nitrogen and oxygen atoms in total. The molecule has 1 aromatic carbocycles. The van der Waals surface area contributed by atoms with Gasteiger partial charge in [-0.3, -0.25) is 4.79 Å². The molecule has 0 spiro atoms. The molecule has 2 fully saturated rings. The molecular formula is C18H26N2O2. The van der Waals surface area contributed by atoms with Crippen molar-refractivity contribution in [3.8, 4) is 0 Å². The Bertz CT molecular complexity index is 471. The van der Waals surface area contributed by atoms with E-state index in [2.05, 4.69) is 34.5 Å². The van der Waals surface area contributed by atoms with Crippen LogP contribution in [0.4, 0.5) is 0 Å². The Morgan fingerprint density at radius 1 is 1.23 bits per heavy atom. The fraction of sp³-hybridized carbons (Fsp3) is 0.611. The molecule has 2 unspecified atom stereocenters. The highest BCUT2D eigenvalue weighted by Gasteiger charge is 2.28. The van der Waals surface area contributed by atoms with Crippen LogP contribution in [-0.2, 0) is 9.53 Å². The molecule has 22 heavy (non-hydrogen) atoms. The lowest BCUT2D eigenvalue weighted by Gasteiger charge is -2.33. The van der Waals surface area contributed by atoms with E-state index < -0.39 is 0 Å². The smallest absolute Gasteiger partial charge is 0.224 e. The van der Waals surface area contributed by atoms with E-state index >= 15 is 0 Å². The molecule has 4 heteroatoms. The Morgan fingerprint density at radius 3 is 2.86 bits per heavy atom. The Hall–Kier alpha value is -1.39. The molecule has 0 aromatic heterocycles. The van der Waals surface area contributed by atoms with Crippen LogP contribution in [0.5, 0.6) is 0 Å². The van der Waals surface area contributed by atoms with Gasteiger partial charge in [-0.25, -0.2) is 0 Å². The van der Waals surface area contributed by atoms with E-state index in [0.29, 0.717) is 13.0 Å². The lowest BCUT2D eigenvalue weighted by atomic mass is 10.00. The Morgan fingerprint density at radius 2 is 2.09 bits per heavy atom. The minimum atomic E-state index is 0.168. The predicted molar refractivity (Wildman–Crippen MR) is 86.6 cm³/mol. The fourth-order valence-electron chi connectivity index (χ4n) is 3.51. The number of carbonyl (C=O) groups is 1. The van der Waals surface area contributed by atoms with Crippen LogP contribution in [0.25, 0.3) is 0 Å². The predicted octanol–water partition coefficient (Wildman–Crippen LogP) is 2.51. The van der Waals surface area contributed by atoms with Crippen LogP contribution in [0, 0.1) is 0 Å². The zero-order chi connectivity index (χ0) is 15.2. The summed E-state index contributed by atoms with van der Waals surface area (Å²) < 4.78 is 5.47. The van der Waals surface area contributed by atoms with E-state index in [9.17, 15) is 4.79 Å². The first kappa shape index (κ1) is 15.5. The van der Waals surface area contributed by atoms with Crippen molar-refractivity contribution in [2.24, 2.45) is 0 Å². The second-order valence-electron chi connectivity index (χ2n) is 6.29. The van der Waals surface area contributed by atoms with Crippen LogP contribution >= 0.6 is 0 Å². The molecule has 1 amide bonds. The summed E-state index contributed by atoms with van der Waals surface area (Å²) in [7, 11) is 0. The Labute approximate surface area is 132 Å². The number of hydrogen-bond donors (Lipinski definition) is 1. The summed E-state index contributed by atoms with van der Waals surface area (Å²) in [5.41, 5.74) is 1.27. The average Bonchev–Trinajstić information content (AvgIpc) is 2.82. The zero-order valence-corrected chi connectivity index (χ0v) is 13.2. The molecule has 1 N–H and O–H groups in total. The SMILES string of the molecule is O=C(CC1COCCN1)N1CCCCCC1c1ccccc1. The number of benzene rings is 1. The summed E-state index contributed by atoms with van der Waals surface area (Å²) >= 11 is 0. The van der Waals surface area contributed by atoms with Gasteiger partial charge in [-0.1, -0.05) is 43.2 Å². The minimum Gasteiger partial charge on any atom is -0.378 e. The van der Waals surface area contributed by atoms with Gasteiger partial charge in [0.15, 0.2) is 0 Å². The quantitative estimate of drug-likeness (QED) is 0.933. The number of ether oxygens (including phenoxy) is 1. The van der Waals surface area contributed by atoms with Gasteiger partial charge in [0.05, 0.1) is 19.3 Å². The van der Waals surface area contributed by atoms with Gasteiger partial charge in [0.2, 0.25) is 5.91 Å². The number of amides is 1. The molecule has 0 saturated carbocycles. The van der Waals surface area contributed by atoms with Crippen molar-refractivity contribution >= 4 is 5.91 Å². The molecule has 2 atom stereocenters. The highest BCUT2D eigenvalue weighted by molar-refractivity contribution is 5.77. The summed E-state index contributed by atoms with van der Waals surface area (Å²) in [6, 6.07) is 10.9. The monoisotopic (exact) mass is 302 g/mol. The van der Waals surface area contributed by atoms with Gasteiger partial charge in [0.1, 0.15) is 0 Å². The lowest BCUT2D eigenvalue weighted by Crippen LogP contribution is -2.45. The van der Waals surface area contributed by atoms with Crippen LogP contribution in [0.2, 0.25) is 0 Å². The van der Waals surface area contributed by atoms with E-state index in [1.165, 1.54) is 18.4 Å². The Kier molecular flexibility index (Phi) is 5.46. The minimum absolute atomic E-state index is 0.168. The van der Waals surface area contributed by atoms with Crippen molar-refractivity contribution in [3.05, 3.63) is 35.9 Å². The number of carbonyl (C=O) groups excluding carboxylic acids is 1. The third kappa shape index (κ3) is 3.87. The normalized spacial score (nSPS) is 26.5. The number of likely N-dealkylation sites (tertiary alicyclic amines) is 1. The highest BCUT2D eigenvalue weighted by Crippen LogP contribution is 2.30. The van der Waals surface area contributed by atoms with Gasteiger partial charge in [-0.05, 0) is 18.4 Å². The summed E-state index contributed by atoms with van der Waals surface area (Å²) in [6.07, 6.45) is 5.16. The molecule has 2 saturated heterocycles. The van der Waals surface area contributed by atoms with Crippen molar-refractivity contribution in [2.45, 2.75) is 44.2 Å². The third-order valence-electron chi connectivity index (χ3n) is 4.68. The van der Waals surface area contributed by atoms with Crippen molar-refractivity contribution in [1.82, 2.24) is 10.2 Å². The van der Waals surface area contributed by atoms with Crippen LogP contribution < -0.4 is 5.32 Å². The molecular weight excluding hydrogens is 276 g/mol. The van der Waals surface area contributed by atoms with E-state index in [1.54, 1.807) is 0 Å². The molecule has 3 rings (SSSR count). The van der Waals surface area contributed by atoms with E-state index in [4.69, 9.17) is 4.74 Å². The summed E-state index contributed by atoms with van der Waals surface area (Å²) in [5, 5.41) is 3.39. The van der Waals surface area contributed by atoms with Gasteiger partial charge in [-0.2, -0.15) is 0 Å². The molecule has 2 heterocycles. The largest absolute Gasteiger partial charge is 0.378 e. The molecule has 2 aliphatic rings. The van der Waals surface area contributed by atoms with Gasteiger partial charge < -0.3 is 15.0 Å². The van der Waals surface area contributed by atoms with Gasteiger partial charge in [0.25, 0.3) is 0 Å². The van der Waals surface area contributed by atoms with Crippen LogP contribution in [0.15, 0.2) is 30.3 Å². The molecule has 0 aliphatic carbocycles. The number of rotatable bonds is 3. The van der Waals surface area contributed by atoms with Gasteiger partial charge >= 0.3 is 0 Å². The molecule has 120 valence electrons. The average molecular weight is 302 g/mol. The van der Waals surface area contributed by atoms with Crippen LogP contribution in [-0.4, -0.2) is 43.2 Å². The van der Waals surface area contributed by atoms with E-state index in [1.807, 2.05) is 6.07 Å². The highest BCUT2D eigenvalue weighted by atomic mass is 16.5. The molecule has 1 aromatic rings. The number of morpholine rings is 1. The van der Waals surface area contributed by atoms with Crippen molar-refractivity contribution in [3.63, 3.8) is 0 Å². The third-order valence-corrected chi connectivity index (χ3v) is 4.68. The number of hydrogen-bond acceptors (Lipinski definition) is 3. The maximum atomic E-state index is 12.8. The summed E-state index contributed by atoms with van der Waals surface area (Å²) in [4.78, 5) is 14.9. The maximum Gasteiger partial charge on any atom is 0.224 e. The second kappa shape index (κ2) is 7.75. The lowest BCUT2D eigenvalue weighted by molar-refractivity contribution is -0.135. The van der Waals surface area contributed by atoms with Crippen molar-refractivity contribution in [2.75, 3.05) is 26.3 Å². The summed E-state index contributed by atoms with van der Waals surface area (Å²) in [6.45, 7) is 3.13. The molecule has 2 aliphatic heterocycles. The van der Waals surface area contributed by atoms with Crippen molar-refractivity contribution < 1.29 is 9.53 Å². The topological polar surface area (TPSA) is 41.6 Å². The first-order chi connectivity index (χ1) is 10.8. The summed E-state index contributed by atoms with van der Waals surface area (Å²) in [5.74, 6) is 0.263. The Balaban J connectivity index is 1.70. The van der Waals surface area contributed by atoms with E-state index in [0.717, 1.165) is 32.5 Å². The van der Waals surface area contributed by atoms with Gasteiger partial charge in [0, 0.05) is 25.6 Å². The zero-order valence-electron chi connectivity index (χ0n) is 13.2. The van der Waals surface area contributed by atoms with E-state index in [-0.39, 0.29) is 18.0 Å². The molecule has 0 radical (unpaired) electrons. The fourth-order valence-corrected chi connectivity index (χ4v) is 3.51. The number of nitrogens with one attached hydrogen (secondary N) is 1. The van der Waals surface area contributed by atoms with Crippen LogP contribution in [0.3, 0.4) is 0 Å². The van der Waals surface area contributed by atoms with Gasteiger partial charge in [-0.15, -0.1) is 0 Å². The standard InChI is InChI=1S/C18H26N2O2/c21-18(13-16-14-22-12-10-19-16)20-11-6-2-5-9-17(20)15-7-3-1-4-8-15/h1,3-4,7-8,16-17,19H,2,5-6,9-14H2. The molecule has 0 bridgehead atoms. The van der Waals surface area contributed by atoms with Crippen LogP contribution in [0.1, 0.15) is 43.7 Å². The maximum absolute atomic E-state index is 12.8. The van der Waals surface area contributed by atoms with Crippen molar-refractivity contribution in [1.29, 1.82) is 0 Å². The first-order valence-corrected chi connectivity index (χ1v) is 8.50. The first-order valence-electron chi connectivity index (χ1n) is 8.50. The second-order valence-corrected chi connectivity index (χ2v) is 6.29. The number of nitrogens with zero attached hydrogens (tertiary/aromatic N) is 1.